The van der Waals surface area contributed by atoms with Gasteiger partial charge in [0.2, 0.25) is 5.91 Å². The number of hydrogen-bond acceptors (Lipinski definition) is 2. The second-order valence-corrected chi connectivity index (χ2v) is 4.51. The lowest BCUT2D eigenvalue weighted by Crippen LogP contribution is -2.32. The van der Waals surface area contributed by atoms with Gasteiger partial charge in [-0.1, -0.05) is 30.3 Å². The first kappa shape index (κ1) is 12.1. The third kappa shape index (κ3) is 2.86. The average Bonchev–Trinajstić information content (AvgIpc) is 2.86. The number of carbonyl (C=O) groups excluding carboxylic acids is 1. The molecule has 0 aromatic heterocycles. The van der Waals surface area contributed by atoms with E-state index in [2.05, 4.69) is 17.4 Å². The molecule has 1 aromatic rings. The van der Waals surface area contributed by atoms with Crippen LogP contribution in [0.15, 0.2) is 30.3 Å². The fourth-order valence-electron chi connectivity index (χ4n) is 2.46. The van der Waals surface area contributed by atoms with Crippen LogP contribution in [0, 0.1) is 0 Å². The molecule has 0 spiro atoms. The zero-order valence-corrected chi connectivity index (χ0v) is 10.4. The van der Waals surface area contributed by atoms with E-state index in [0.717, 1.165) is 25.9 Å². The topological polar surface area (TPSA) is 32.3 Å². The highest BCUT2D eigenvalue weighted by Gasteiger charge is 2.28. The van der Waals surface area contributed by atoms with E-state index < -0.39 is 0 Å². The summed E-state index contributed by atoms with van der Waals surface area (Å²) in [5.41, 5.74) is 1.27. The smallest absolute Gasteiger partial charge is 0.224 e. The van der Waals surface area contributed by atoms with E-state index in [0.29, 0.717) is 12.5 Å². The van der Waals surface area contributed by atoms with Crippen molar-refractivity contribution in [1.29, 1.82) is 0 Å². The van der Waals surface area contributed by atoms with E-state index >= 15 is 0 Å². The minimum Gasteiger partial charge on any atom is -0.336 e. The summed E-state index contributed by atoms with van der Waals surface area (Å²) in [5.74, 6) is 0.269. The lowest BCUT2D eigenvalue weighted by atomic mass is 10.0. The van der Waals surface area contributed by atoms with Crippen molar-refractivity contribution in [3.05, 3.63) is 35.9 Å². The van der Waals surface area contributed by atoms with Gasteiger partial charge in [-0.3, -0.25) is 4.79 Å². The predicted octanol–water partition coefficient (Wildman–Crippen LogP) is 1.96. The Labute approximate surface area is 103 Å². The molecule has 1 aliphatic rings. The minimum atomic E-state index is 0.269. The fraction of sp³-hybridized carbons (Fsp3) is 0.500. The van der Waals surface area contributed by atoms with Crippen molar-refractivity contribution in [2.75, 3.05) is 20.1 Å². The summed E-state index contributed by atoms with van der Waals surface area (Å²) in [6, 6.07) is 10.6. The van der Waals surface area contributed by atoms with Crippen molar-refractivity contribution >= 4 is 5.91 Å². The minimum absolute atomic E-state index is 0.269. The third-order valence-corrected chi connectivity index (χ3v) is 3.35. The quantitative estimate of drug-likeness (QED) is 0.860. The Bertz CT molecular complexity index is 364. The van der Waals surface area contributed by atoms with Gasteiger partial charge >= 0.3 is 0 Å². The van der Waals surface area contributed by atoms with Gasteiger partial charge in [0.15, 0.2) is 0 Å². The molecule has 1 N–H and O–H groups in total. The van der Waals surface area contributed by atoms with E-state index in [1.807, 2.05) is 30.1 Å². The second kappa shape index (κ2) is 5.82. The van der Waals surface area contributed by atoms with E-state index in [1.165, 1.54) is 5.56 Å². The molecule has 1 fully saturated rings. The summed E-state index contributed by atoms with van der Waals surface area (Å²) < 4.78 is 0. The maximum Gasteiger partial charge on any atom is 0.224 e. The van der Waals surface area contributed by atoms with Crippen LogP contribution in [0.2, 0.25) is 0 Å². The summed E-state index contributed by atoms with van der Waals surface area (Å²) in [5, 5.41) is 3.03. The summed E-state index contributed by atoms with van der Waals surface area (Å²) in [4.78, 5) is 14.1. The lowest BCUT2D eigenvalue weighted by molar-refractivity contribution is -0.132. The molecule has 1 aromatic carbocycles. The SMILES string of the molecule is CNCCC(=O)N1CCCC1c1ccccc1. The first-order chi connectivity index (χ1) is 8.33. The van der Waals surface area contributed by atoms with E-state index in [-0.39, 0.29) is 5.91 Å². The highest BCUT2D eigenvalue weighted by atomic mass is 16.2. The summed E-state index contributed by atoms with van der Waals surface area (Å²) >= 11 is 0. The summed E-state index contributed by atoms with van der Waals surface area (Å²) in [7, 11) is 1.88. The van der Waals surface area contributed by atoms with E-state index in [4.69, 9.17) is 0 Å². The maximum absolute atomic E-state index is 12.1. The standard InChI is InChI=1S/C14H20N2O/c1-15-10-9-14(17)16-11-5-8-13(16)12-6-3-2-4-7-12/h2-4,6-7,13,15H,5,8-11H2,1H3. The van der Waals surface area contributed by atoms with Gasteiger partial charge in [-0.05, 0) is 25.5 Å². The summed E-state index contributed by atoms with van der Waals surface area (Å²) in [6.07, 6.45) is 2.81. The molecule has 3 nitrogen and oxygen atoms in total. The number of nitrogens with zero attached hydrogens (tertiary/aromatic N) is 1. The number of carbonyl (C=O) groups is 1. The molecule has 1 amide bonds. The molecule has 92 valence electrons. The van der Waals surface area contributed by atoms with Crippen molar-refractivity contribution in [3.63, 3.8) is 0 Å². The van der Waals surface area contributed by atoms with Crippen LogP contribution >= 0.6 is 0 Å². The monoisotopic (exact) mass is 232 g/mol. The normalized spacial score (nSPS) is 19.6. The van der Waals surface area contributed by atoms with Crippen LogP contribution in [0.3, 0.4) is 0 Å². The van der Waals surface area contributed by atoms with Crippen molar-refractivity contribution in [1.82, 2.24) is 10.2 Å². The van der Waals surface area contributed by atoms with E-state index in [1.54, 1.807) is 0 Å². The number of hydrogen-bond donors (Lipinski definition) is 1. The van der Waals surface area contributed by atoms with Gasteiger partial charge in [-0.15, -0.1) is 0 Å². The van der Waals surface area contributed by atoms with Crippen molar-refractivity contribution in [2.24, 2.45) is 0 Å². The molecule has 0 saturated carbocycles. The molecule has 0 radical (unpaired) electrons. The van der Waals surface area contributed by atoms with Gasteiger partial charge < -0.3 is 10.2 Å². The van der Waals surface area contributed by atoms with Crippen LogP contribution in [-0.2, 0) is 4.79 Å². The fourth-order valence-corrected chi connectivity index (χ4v) is 2.46. The number of nitrogens with one attached hydrogen (secondary N) is 1. The Morgan fingerprint density at radius 3 is 2.88 bits per heavy atom. The third-order valence-electron chi connectivity index (χ3n) is 3.35. The van der Waals surface area contributed by atoms with Crippen molar-refractivity contribution in [2.45, 2.75) is 25.3 Å². The molecule has 3 heteroatoms. The first-order valence-electron chi connectivity index (χ1n) is 6.32. The highest BCUT2D eigenvalue weighted by molar-refractivity contribution is 5.77. The predicted molar refractivity (Wildman–Crippen MR) is 68.7 cm³/mol. The molecule has 1 heterocycles. The van der Waals surface area contributed by atoms with Crippen LogP contribution in [0.25, 0.3) is 0 Å². The Hall–Kier alpha value is -1.35. The van der Waals surface area contributed by atoms with Crippen LogP contribution in [0.4, 0.5) is 0 Å². The van der Waals surface area contributed by atoms with Crippen LogP contribution < -0.4 is 5.32 Å². The van der Waals surface area contributed by atoms with Gasteiger partial charge in [0.25, 0.3) is 0 Å². The Morgan fingerprint density at radius 2 is 2.18 bits per heavy atom. The number of benzene rings is 1. The van der Waals surface area contributed by atoms with Crippen LogP contribution in [0.1, 0.15) is 30.9 Å². The number of amides is 1. The van der Waals surface area contributed by atoms with Crippen molar-refractivity contribution < 1.29 is 4.79 Å². The number of likely N-dealkylation sites (tertiary alicyclic amines) is 1. The molecule has 17 heavy (non-hydrogen) atoms. The maximum atomic E-state index is 12.1. The van der Waals surface area contributed by atoms with Crippen molar-refractivity contribution in [3.8, 4) is 0 Å². The molecule has 0 aliphatic carbocycles. The largest absolute Gasteiger partial charge is 0.336 e. The van der Waals surface area contributed by atoms with E-state index in [9.17, 15) is 4.79 Å². The Morgan fingerprint density at radius 1 is 1.41 bits per heavy atom. The second-order valence-electron chi connectivity index (χ2n) is 4.51. The van der Waals surface area contributed by atoms with Crippen LogP contribution in [0.5, 0.6) is 0 Å². The lowest BCUT2D eigenvalue weighted by Gasteiger charge is -2.25. The van der Waals surface area contributed by atoms with Crippen LogP contribution in [-0.4, -0.2) is 30.9 Å². The average molecular weight is 232 g/mol. The van der Waals surface area contributed by atoms with Gasteiger partial charge in [0, 0.05) is 19.5 Å². The zero-order chi connectivity index (χ0) is 12.1. The van der Waals surface area contributed by atoms with Gasteiger partial charge in [-0.2, -0.15) is 0 Å². The first-order valence-corrected chi connectivity index (χ1v) is 6.32. The summed E-state index contributed by atoms with van der Waals surface area (Å²) in [6.45, 7) is 1.67. The Balaban J connectivity index is 2.05. The molecular weight excluding hydrogens is 212 g/mol. The highest BCUT2D eigenvalue weighted by Crippen LogP contribution is 2.31. The molecule has 1 atom stereocenters. The number of rotatable bonds is 4. The Kier molecular flexibility index (Phi) is 4.15. The molecule has 2 rings (SSSR count). The molecule has 0 bridgehead atoms. The van der Waals surface area contributed by atoms with Gasteiger partial charge in [-0.25, -0.2) is 0 Å². The zero-order valence-electron chi connectivity index (χ0n) is 10.4. The molecule has 1 saturated heterocycles. The molecule has 1 aliphatic heterocycles. The molecule has 1 unspecified atom stereocenters. The molecular formula is C14H20N2O. The van der Waals surface area contributed by atoms with Gasteiger partial charge in [0.05, 0.1) is 6.04 Å². The van der Waals surface area contributed by atoms with Gasteiger partial charge in [0.1, 0.15) is 0 Å².